The summed E-state index contributed by atoms with van der Waals surface area (Å²) in [5, 5.41) is 0.941. The maximum Gasteiger partial charge on any atom is 0.342 e. The van der Waals surface area contributed by atoms with Gasteiger partial charge in [0.05, 0.1) is 17.9 Å². The summed E-state index contributed by atoms with van der Waals surface area (Å²) in [7, 11) is 0. The summed E-state index contributed by atoms with van der Waals surface area (Å²) < 4.78 is 10.3. The Bertz CT molecular complexity index is 575. The van der Waals surface area contributed by atoms with E-state index in [4.69, 9.17) is 32.4 Å². The normalized spacial score (nSPS) is 10.4. The Morgan fingerprint density at radius 2 is 2.11 bits per heavy atom. The lowest BCUT2D eigenvalue weighted by Gasteiger charge is -2.05. The molecular weight excluding hydrogens is 275 g/mol. The highest BCUT2D eigenvalue weighted by Crippen LogP contribution is 2.33. The van der Waals surface area contributed by atoms with Gasteiger partial charge in [0.1, 0.15) is 11.3 Å². The van der Waals surface area contributed by atoms with E-state index in [0.717, 1.165) is 0 Å². The number of furan rings is 1. The van der Waals surface area contributed by atoms with Gasteiger partial charge in [0.25, 0.3) is 0 Å². The standard InChI is InChI=1S/C13H10Cl2O3/c1-2-17-13(16)10-5-6-18-12(10)9-4-3-8(14)7-11(9)15/h3-7H,2H2,1H3. The zero-order chi connectivity index (χ0) is 13.1. The maximum absolute atomic E-state index is 11.7. The van der Waals surface area contributed by atoms with Crippen molar-refractivity contribution >= 4 is 29.2 Å². The number of hydrogen-bond acceptors (Lipinski definition) is 3. The molecular formula is C13H10Cl2O3. The Balaban J connectivity index is 2.45. The molecule has 3 nitrogen and oxygen atoms in total. The summed E-state index contributed by atoms with van der Waals surface area (Å²) in [6.45, 7) is 2.05. The third-order valence-corrected chi connectivity index (χ3v) is 2.88. The molecule has 0 saturated heterocycles. The minimum Gasteiger partial charge on any atom is -0.463 e. The van der Waals surface area contributed by atoms with Gasteiger partial charge in [-0.1, -0.05) is 23.2 Å². The highest BCUT2D eigenvalue weighted by Gasteiger charge is 2.19. The summed E-state index contributed by atoms with van der Waals surface area (Å²) in [5.41, 5.74) is 0.954. The predicted octanol–water partition coefficient (Wildman–Crippen LogP) is 4.43. The molecule has 1 aromatic heterocycles. The third kappa shape index (κ3) is 2.52. The molecule has 0 atom stereocenters. The molecule has 2 rings (SSSR count). The van der Waals surface area contributed by atoms with Crippen LogP contribution in [0.4, 0.5) is 0 Å². The summed E-state index contributed by atoms with van der Waals surface area (Å²) in [6, 6.07) is 6.53. The van der Waals surface area contributed by atoms with E-state index in [1.54, 1.807) is 31.2 Å². The third-order valence-electron chi connectivity index (χ3n) is 2.34. The van der Waals surface area contributed by atoms with Crippen LogP contribution in [0, 0.1) is 0 Å². The number of ether oxygens (including phenoxy) is 1. The van der Waals surface area contributed by atoms with Crippen molar-refractivity contribution in [2.45, 2.75) is 6.92 Å². The van der Waals surface area contributed by atoms with Crippen LogP contribution >= 0.6 is 23.2 Å². The van der Waals surface area contributed by atoms with E-state index in [1.165, 1.54) is 6.26 Å². The molecule has 0 bridgehead atoms. The van der Waals surface area contributed by atoms with Gasteiger partial charge in [-0.3, -0.25) is 0 Å². The van der Waals surface area contributed by atoms with Gasteiger partial charge >= 0.3 is 5.97 Å². The van der Waals surface area contributed by atoms with Crippen LogP contribution < -0.4 is 0 Å². The molecule has 1 aromatic carbocycles. The molecule has 5 heteroatoms. The van der Waals surface area contributed by atoms with Crippen molar-refractivity contribution in [3.63, 3.8) is 0 Å². The van der Waals surface area contributed by atoms with Gasteiger partial charge < -0.3 is 9.15 Å². The second-order valence-corrected chi connectivity index (χ2v) is 4.35. The summed E-state index contributed by atoms with van der Waals surface area (Å²) >= 11 is 11.9. The van der Waals surface area contributed by atoms with Crippen molar-refractivity contribution < 1.29 is 13.9 Å². The van der Waals surface area contributed by atoms with Gasteiger partial charge in [0, 0.05) is 10.6 Å². The van der Waals surface area contributed by atoms with Crippen LogP contribution in [0.1, 0.15) is 17.3 Å². The van der Waals surface area contributed by atoms with Crippen LogP contribution in [0.3, 0.4) is 0 Å². The molecule has 0 spiro atoms. The van der Waals surface area contributed by atoms with E-state index < -0.39 is 5.97 Å². The molecule has 0 fully saturated rings. The van der Waals surface area contributed by atoms with E-state index in [0.29, 0.717) is 33.5 Å². The number of halogens is 2. The maximum atomic E-state index is 11.7. The Hall–Kier alpha value is -1.45. The van der Waals surface area contributed by atoms with Gasteiger partial charge in [-0.15, -0.1) is 0 Å². The van der Waals surface area contributed by atoms with Crippen LogP contribution in [0.15, 0.2) is 34.9 Å². The van der Waals surface area contributed by atoms with E-state index in [9.17, 15) is 4.79 Å². The number of carbonyl (C=O) groups is 1. The second-order valence-electron chi connectivity index (χ2n) is 3.51. The molecule has 0 aliphatic carbocycles. The van der Waals surface area contributed by atoms with Crippen molar-refractivity contribution in [3.8, 4) is 11.3 Å². The lowest BCUT2D eigenvalue weighted by atomic mass is 10.1. The average Bonchev–Trinajstić information content (AvgIpc) is 2.78. The van der Waals surface area contributed by atoms with Crippen molar-refractivity contribution in [1.29, 1.82) is 0 Å². The zero-order valence-corrected chi connectivity index (χ0v) is 11.1. The van der Waals surface area contributed by atoms with Gasteiger partial charge in [0.15, 0.2) is 0 Å². The Labute approximate surface area is 114 Å². The molecule has 0 radical (unpaired) electrons. The van der Waals surface area contributed by atoms with Crippen molar-refractivity contribution in [1.82, 2.24) is 0 Å². The summed E-state index contributed by atoms with van der Waals surface area (Å²) in [5.74, 6) is -0.0533. The first-order chi connectivity index (χ1) is 8.63. The number of rotatable bonds is 3. The first-order valence-electron chi connectivity index (χ1n) is 5.33. The highest BCUT2D eigenvalue weighted by atomic mass is 35.5. The van der Waals surface area contributed by atoms with Gasteiger partial charge in [-0.2, -0.15) is 0 Å². The number of hydrogen-bond donors (Lipinski definition) is 0. The fourth-order valence-electron chi connectivity index (χ4n) is 1.56. The quantitative estimate of drug-likeness (QED) is 0.783. The first kappa shape index (κ1) is 13.0. The summed E-state index contributed by atoms with van der Waals surface area (Å²) in [6.07, 6.45) is 1.42. The summed E-state index contributed by atoms with van der Waals surface area (Å²) in [4.78, 5) is 11.7. The van der Waals surface area contributed by atoms with E-state index in [1.807, 2.05) is 0 Å². The van der Waals surface area contributed by atoms with Crippen LogP contribution in [-0.2, 0) is 4.74 Å². The molecule has 0 saturated carbocycles. The molecule has 0 amide bonds. The van der Waals surface area contributed by atoms with Crippen LogP contribution in [0.2, 0.25) is 10.0 Å². The van der Waals surface area contributed by atoms with Crippen LogP contribution in [-0.4, -0.2) is 12.6 Å². The molecule has 94 valence electrons. The molecule has 18 heavy (non-hydrogen) atoms. The smallest absolute Gasteiger partial charge is 0.342 e. The predicted molar refractivity (Wildman–Crippen MR) is 70.1 cm³/mol. The largest absolute Gasteiger partial charge is 0.463 e. The van der Waals surface area contributed by atoms with Gasteiger partial charge in [-0.25, -0.2) is 4.79 Å². The number of benzene rings is 1. The average molecular weight is 285 g/mol. The highest BCUT2D eigenvalue weighted by molar-refractivity contribution is 6.36. The van der Waals surface area contributed by atoms with E-state index >= 15 is 0 Å². The fraction of sp³-hybridized carbons (Fsp3) is 0.154. The van der Waals surface area contributed by atoms with Crippen molar-refractivity contribution in [2.75, 3.05) is 6.61 Å². The lowest BCUT2D eigenvalue weighted by molar-refractivity contribution is 0.0527. The van der Waals surface area contributed by atoms with Gasteiger partial charge in [0.2, 0.25) is 0 Å². The molecule has 0 aliphatic rings. The number of esters is 1. The van der Waals surface area contributed by atoms with Crippen LogP contribution in [0.5, 0.6) is 0 Å². The molecule has 0 N–H and O–H groups in total. The molecule has 1 heterocycles. The van der Waals surface area contributed by atoms with Crippen LogP contribution in [0.25, 0.3) is 11.3 Å². The Kier molecular flexibility index (Phi) is 3.94. The fourth-order valence-corrected chi connectivity index (χ4v) is 2.06. The Morgan fingerprint density at radius 3 is 2.78 bits per heavy atom. The lowest BCUT2D eigenvalue weighted by Crippen LogP contribution is -2.04. The molecule has 0 aliphatic heterocycles. The van der Waals surface area contributed by atoms with Crippen molar-refractivity contribution in [2.24, 2.45) is 0 Å². The van der Waals surface area contributed by atoms with Crippen molar-refractivity contribution in [3.05, 3.63) is 46.1 Å². The SMILES string of the molecule is CCOC(=O)c1ccoc1-c1ccc(Cl)cc1Cl. The van der Waals surface area contributed by atoms with Gasteiger partial charge in [-0.05, 0) is 31.2 Å². The topological polar surface area (TPSA) is 39.4 Å². The molecule has 0 unspecified atom stereocenters. The zero-order valence-electron chi connectivity index (χ0n) is 9.57. The monoisotopic (exact) mass is 284 g/mol. The minimum atomic E-state index is -0.438. The van der Waals surface area contributed by atoms with E-state index in [-0.39, 0.29) is 0 Å². The minimum absolute atomic E-state index is 0.303. The first-order valence-corrected chi connectivity index (χ1v) is 6.09. The molecule has 2 aromatic rings. The Morgan fingerprint density at radius 1 is 1.33 bits per heavy atom. The second kappa shape index (κ2) is 5.46. The number of carbonyl (C=O) groups excluding carboxylic acids is 1. The van der Waals surface area contributed by atoms with E-state index in [2.05, 4.69) is 0 Å².